The first-order valence-corrected chi connectivity index (χ1v) is 8.60. The molecule has 0 unspecified atom stereocenters. The first-order chi connectivity index (χ1) is 12.0. The summed E-state index contributed by atoms with van der Waals surface area (Å²) in [6, 6.07) is 0. The number of nitrogens with one attached hydrogen (secondary N) is 2. The van der Waals surface area contributed by atoms with Crippen LogP contribution in [0.2, 0.25) is 0 Å². The summed E-state index contributed by atoms with van der Waals surface area (Å²) >= 11 is 1.45. The fourth-order valence-corrected chi connectivity index (χ4v) is 2.55. The number of amides is 2. The SMILES string of the molecule is CCCOCCOC(=O)NNC(=O)c1noc(C)c1-c1csc(C)n1. The fraction of sp³-hybridized carbons (Fsp3) is 0.467. The lowest BCUT2D eigenvalue weighted by atomic mass is 10.1. The molecule has 2 aromatic rings. The third kappa shape index (κ3) is 5.26. The normalized spacial score (nSPS) is 10.5. The van der Waals surface area contributed by atoms with Crippen molar-refractivity contribution in [3.05, 3.63) is 21.8 Å². The zero-order valence-corrected chi connectivity index (χ0v) is 15.1. The van der Waals surface area contributed by atoms with Crippen molar-refractivity contribution in [1.29, 1.82) is 0 Å². The second-order valence-electron chi connectivity index (χ2n) is 5.04. The highest BCUT2D eigenvalue weighted by Gasteiger charge is 2.23. The Morgan fingerprint density at radius 3 is 2.72 bits per heavy atom. The highest BCUT2D eigenvalue weighted by molar-refractivity contribution is 7.09. The number of nitrogens with zero attached hydrogens (tertiary/aromatic N) is 2. The minimum absolute atomic E-state index is 0.0365. The number of thiazole rings is 1. The summed E-state index contributed by atoms with van der Waals surface area (Å²) in [6.07, 6.45) is 0.0972. The zero-order valence-electron chi connectivity index (χ0n) is 14.2. The van der Waals surface area contributed by atoms with Crippen LogP contribution in [-0.4, -0.2) is 42.0 Å². The van der Waals surface area contributed by atoms with Crippen LogP contribution < -0.4 is 10.9 Å². The van der Waals surface area contributed by atoms with Crippen LogP contribution >= 0.6 is 11.3 Å². The minimum atomic E-state index is -0.792. The van der Waals surface area contributed by atoms with Gasteiger partial charge in [-0.1, -0.05) is 12.1 Å². The van der Waals surface area contributed by atoms with E-state index in [1.807, 2.05) is 19.2 Å². The summed E-state index contributed by atoms with van der Waals surface area (Å²) in [6.45, 7) is 6.52. The van der Waals surface area contributed by atoms with Crippen LogP contribution in [0, 0.1) is 13.8 Å². The van der Waals surface area contributed by atoms with Crippen LogP contribution in [0.15, 0.2) is 9.90 Å². The molecule has 2 rings (SSSR count). The maximum Gasteiger partial charge on any atom is 0.426 e. The van der Waals surface area contributed by atoms with E-state index in [0.717, 1.165) is 11.4 Å². The van der Waals surface area contributed by atoms with Crippen molar-refractivity contribution < 1.29 is 23.6 Å². The molecule has 0 atom stereocenters. The Morgan fingerprint density at radius 2 is 2.04 bits per heavy atom. The van der Waals surface area contributed by atoms with Gasteiger partial charge >= 0.3 is 6.09 Å². The molecule has 0 spiro atoms. The molecule has 10 heteroatoms. The molecule has 0 aliphatic carbocycles. The summed E-state index contributed by atoms with van der Waals surface area (Å²) in [5, 5.41) is 6.41. The standard InChI is InChI=1S/C15H20N4O5S/c1-4-5-22-6-7-23-15(21)18-17-14(20)13-12(9(2)24-19-13)11-8-25-10(3)16-11/h8H,4-7H2,1-3H3,(H,17,20)(H,18,21). The minimum Gasteiger partial charge on any atom is -0.446 e. The Morgan fingerprint density at radius 1 is 1.24 bits per heavy atom. The number of hydrogen-bond donors (Lipinski definition) is 2. The molecule has 0 saturated heterocycles. The summed E-state index contributed by atoms with van der Waals surface area (Å²) in [5.74, 6) is -0.164. The molecule has 136 valence electrons. The Bertz CT molecular complexity index is 727. The first kappa shape index (κ1) is 18.9. The van der Waals surface area contributed by atoms with Crippen LogP contribution in [0.1, 0.15) is 34.6 Å². The van der Waals surface area contributed by atoms with Crippen molar-refractivity contribution in [2.75, 3.05) is 19.8 Å². The maximum absolute atomic E-state index is 12.2. The second-order valence-corrected chi connectivity index (χ2v) is 6.10. The molecule has 0 aliphatic rings. The van der Waals surface area contributed by atoms with Crippen LogP contribution in [-0.2, 0) is 9.47 Å². The Kier molecular flexibility index (Phi) is 6.90. The molecule has 25 heavy (non-hydrogen) atoms. The number of carbonyl (C=O) groups excluding carboxylic acids is 2. The fourth-order valence-electron chi connectivity index (χ4n) is 1.95. The predicted molar refractivity (Wildman–Crippen MR) is 90.1 cm³/mol. The topological polar surface area (TPSA) is 116 Å². The van der Waals surface area contributed by atoms with E-state index in [4.69, 9.17) is 14.0 Å². The van der Waals surface area contributed by atoms with E-state index in [0.29, 0.717) is 30.2 Å². The number of aromatic nitrogens is 2. The Hall–Kier alpha value is -2.46. The van der Waals surface area contributed by atoms with Crippen LogP contribution in [0.4, 0.5) is 4.79 Å². The Balaban J connectivity index is 1.88. The molecule has 2 heterocycles. The number of hydrazine groups is 1. The summed E-state index contributed by atoms with van der Waals surface area (Å²) in [7, 11) is 0. The van der Waals surface area contributed by atoms with Gasteiger partial charge in [0.25, 0.3) is 5.91 Å². The average molecular weight is 368 g/mol. The summed E-state index contributed by atoms with van der Waals surface area (Å²) < 4.78 is 15.1. The molecular weight excluding hydrogens is 348 g/mol. The highest BCUT2D eigenvalue weighted by Crippen LogP contribution is 2.28. The Labute approximate surface area is 148 Å². The number of hydrogen-bond acceptors (Lipinski definition) is 8. The monoisotopic (exact) mass is 368 g/mol. The van der Waals surface area contributed by atoms with Crippen molar-refractivity contribution in [2.24, 2.45) is 0 Å². The van der Waals surface area contributed by atoms with Crippen LogP contribution in [0.25, 0.3) is 11.3 Å². The molecule has 0 aromatic carbocycles. The molecule has 0 fully saturated rings. The number of ether oxygens (including phenoxy) is 2. The predicted octanol–water partition coefficient (Wildman–Crippen LogP) is 2.21. The third-order valence-corrected chi connectivity index (χ3v) is 3.81. The lowest BCUT2D eigenvalue weighted by Crippen LogP contribution is -2.42. The van der Waals surface area contributed by atoms with Gasteiger partial charge in [-0.05, 0) is 20.3 Å². The van der Waals surface area contributed by atoms with Gasteiger partial charge in [-0.15, -0.1) is 11.3 Å². The van der Waals surface area contributed by atoms with Gasteiger partial charge in [0.15, 0.2) is 5.69 Å². The molecule has 0 bridgehead atoms. The molecule has 2 amide bonds. The van der Waals surface area contributed by atoms with Gasteiger partial charge in [0.2, 0.25) is 0 Å². The van der Waals surface area contributed by atoms with E-state index in [1.54, 1.807) is 6.92 Å². The van der Waals surface area contributed by atoms with Crippen molar-refractivity contribution in [3.8, 4) is 11.3 Å². The lowest BCUT2D eigenvalue weighted by Gasteiger charge is -2.08. The molecule has 0 saturated carbocycles. The van der Waals surface area contributed by atoms with Crippen LogP contribution in [0.3, 0.4) is 0 Å². The average Bonchev–Trinajstić information content (AvgIpc) is 3.18. The van der Waals surface area contributed by atoms with E-state index in [9.17, 15) is 9.59 Å². The quantitative estimate of drug-likeness (QED) is 0.568. The molecule has 0 radical (unpaired) electrons. The molecule has 0 aliphatic heterocycles. The van der Waals surface area contributed by atoms with Crippen molar-refractivity contribution in [3.63, 3.8) is 0 Å². The van der Waals surface area contributed by atoms with Gasteiger partial charge in [0.1, 0.15) is 12.4 Å². The van der Waals surface area contributed by atoms with Gasteiger partial charge in [-0.25, -0.2) is 15.2 Å². The number of aryl methyl sites for hydroxylation is 2. The molecule has 9 nitrogen and oxygen atoms in total. The first-order valence-electron chi connectivity index (χ1n) is 7.72. The van der Waals surface area contributed by atoms with Crippen molar-refractivity contribution in [1.82, 2.24) is 21.0 Å². The van der Waals surface area contributed by atoms with E-state index < -0.39 is 12.0 Å². The largest absolute Gasteiger partial charge is 0.446 e. The molecule has 2 aromatic heterocycles. The smallest absolute Gasteiger partial charge is 0.426 e. The zero-order chi connectivity index (χ0) is 18.2. The molecular formula is C15H20N4O5S. The summed E-state index contributed by atoms with van der Waals surface area (Å²) in [5.41, 5.74) is 5.51. The van der Waals surface area contributed by atoms with Gasteiger partial charge in [0.05, 0.1) is 22.9 Å². The number of carbonyl (C=O) groups is 2. The van der Waals surface area contributed by atoms with Gasteiger partial charge in [-0.3, -0.25) is 10.2 Å². The van der Waals surface area contributed by atoms with E-state index >= 15 is 0 Å². The third-order valence-electron chi connectivity index (χ3n) is 3.04. The molecule has 2 N–H and O–H groups in total. The summed E-state index contributed by atoms with van der Waals surface area (Å²) in [4.78, 5) is 28.1. The van der Waals surface area contributed by atoms with Gasteiger partial charge < -0.3 is 14.0 Å². The van der Waals surface area contributed by atoms with Gasteiger partial charge in [0, 0.05) is 12.0 Å². The van der Waals surface area contributed by atoms with Crippen molar-refractivity contribution >= 4 is 23.3 Å². The number of rotatable bonds is 7. The van der Waals surface area contributed by atoms with Gasteiger partial charge in [-0.2, -0.15) is 0 Å². The van der Waals surface area contributed by atoms with E-state index in [1.165, 1.54) is 11.3 Å². The second kappa shape index (κ2) is 9.14. The van der Waals surface area contributed by atoms with Crippen molar-refractivity contribution in [2.45, 2.75) is 27.2 Å². The van der Waals surface area contributed by atoms with Crippen LogP contribution in [0.5, 0.6) is 0 Å². The maximum atomic E-state index is 12.2. The van der Waals surface area contributed by atoms with E-state index in [2.05, 4.69) is 21.0 Å². The highest BCUT2D eigenvalue weighted by atomic mass is 32.1. The van der Waals surface area contributed by atoms with E-state index in [-0.39, 0.29) is 12.3 Å². The lowest BCUT2D eigenvalue weighted by molar-refractivity contribution is 0.0693.